The second kappa shape index (κ2) is 5.12. The highest BCUT2D eigenvalue weighted by Crippen LogP contribution is 2.30. The summed E-state index contributed by atoms with van der Waals surface area (Å²) in [5.41, 5.74) is 0. The molecule has 0 bridgehead atoms. The van der Waals surface area contributed by atoms with Gasteiger partial charge in [-0.1, -0.05) is 12.8 Å². The molecule has 2 aliphatic heterocycles. The van der Waals surface area contributed by atoms with Gasteiger partial charge in [0.05, 0.1) is 12.0 Å². The normalized spacial score (nSPS) is 32.6. The first-order valence-corrected chi connectivity index (χ1v) is 7.41. The van der Waals surface area contributed by atoms with Crippen molar-refractivity contribution in [2.24, 2.45) is 5.92 Å². The lowest BCUT2D eigenvalue weighted by atomic mass is 10.1. The van der Waals surface area contributed by atoms with Gasteiger partial charge in [-0.25, -0.2) is 0 Å². The molecule has 2 atom stereocenters. The fourth-order valence-corrected chi connectivity index (χ4v) is 3.67. The van der Waals surface area contributed by atoms with E-state index in [9.17, 15) is 14.7 Å². The summed E-state index contributed by atoms with van der Waals surface area (Å²) in [6, 6.07) is 0.370. The molecule has 0 aromatic rings. The van der Waals surface area contributed by atoms with E-state index in [0.29, 0.717) is 38.5 Å². The highest BCUT2D eigenvalue weighted by molar-refractivity contribution is 5.89. The first kappa shape index (κ1) is 12.9. The summed E-state index contributed by atoms with van der Waals surface area (Å²) in [6.45, 7) is 1.66. The van der Waals surface area contributed by atoms with Crippen LogP contribution in [0.1, 0.15) is 38.5 Å². The second-order valence-corrected chi connectivity index (χ2v) is 6.11. The Morgan fingerprint density at radius 1 is 1.16 bits per heavy atom. The Morgan fingerprint density at radius 3 is 2.53 bits per heavy atom. The minimum atomic E-state index is -0.382. The van der Waals surface area contributed by atoms with Gasteiger partial charge in [-0.2, -0.15) is 0 Å². The van der Waals surface area contributed by atoms with Gasteiger partial charge >= 0.3 is 0 Å². The molecule has 0 aromatic carbocycles. The molecule has 2 saturated heterocycles. The number of hydrogen-bond acceptors (Lipinski definition) is 3. The smallest absolute Gasteiger partial charge is 0.228 e. The Balaban J connectivity index is 1.61. The number of hydrogen-bond donors (Lipinski definition) is 1. The number of aliphatic hydroxyl groups excluding tert-OH is 1. The molecule has 5 heteroatoms. The third-order valence-electron chi connectivity index (χ3n) is 4.75. The van der Waals surface area contributed by atoms with Gasteiger partial charge in [-0.15, -0.1) is 0 Å². The molecule has 2 amide bonds. The van der Waals surface area contributed by atoms with E-state index >= 15 is 0 Å². The van der Waals surface area contributed by atoms with Crippen LogP contribution in [-0.4, -0.2) is 58.5 Å². The van der Waals surface area contributed by atoms with E-state index in [-0.39, 0.29) is 23.8 Å². The van der Waals surface area contributed by atoms with Gasteiger partial charge in [-0.05, 0) is 19.3 Å². The maximum atomic E-state index is 12.3. The molecule has 5 nitrogen and oxygen atoms in total. The molecule has 3 rings (SSSR count). The molecule has 0 aromatic heterocycles. The lowest BCUT2D eigenvalue weighted by Crippen LogP contribution is -2.38. The van der Waals surface area contributed by atoms with Crippen molar-refractivity contribution in [1.82, 2.24) is 9.80 Å². The second-order valence-electron chi connectivity index (χ2n) is 6.11. The number of carbonyl (C=O) groups excluding carboxylic acids is 2. The molecule has 2 unspecified atom stereocenters. The number of β-amino-alcohol motifs (C(OH)–C–C–N with tert-alkyl or cyclic N) is 1. The molecule has 106 valence electrons. The van der Waals surface area contributed by atoms with Crippen LogP contribution < -0.4 is 0 Å². The van der Waals surface area contributed by atoms with Crippen molar-refractivity contribution in [3.63, 3.8) is 0 Å². The fourth-order valence-electron chi connectivity index (χ4n) is 3.67. The zero-order valence-electron chi connectivity index (χ0n) is 11.3. The van der Waals surface area contributed by atoms with Crippen molar-refractivity contribution in [3.8, 4) is 0 Å². The average Bonchev–Trinajstić information content (AvgIpc) is 3.07. The van der Waals surface area contributed by atoms with Crippen LogP contribution in [0.3, 0.4) is 0 Å². The van der Waals surface area contributed by atoms with Crippen molar-refractivity contribution < 1.29 is 14.7 Å². The van der Waals surface area contributed by atoms with Crippen LogP contribution in [0, 0.1) is 5.92 Å². The van der Waals surface area contributed by atoms with E-state index < -0.39 is 0 Å². The molecular weight excluding hydrogens is 244 g/mol. The monoisotopic (exact) mass is 266 g/mol. The van der Waals surface area contributed by atoms with Crippen LogP contribution in [0.5, 0.6) is 0 Å². The lowest BCUT2D eigenvalue weighted by molar-refractivity contribution is -0.135. The van der Waals surface area contributed by atoms with E-state index in [2.05, 4.69) is 0 Å². The molecule has 3 aliphatic rings. The molecule has 1 N–H and O–H groups in total. The van der Waals surface area contributed by atoms with Crippen molar-refractivity contribution in [1.29, 1.82) is 0 Å². The minimum Gasteiger partial charge on any atom is -0.391 e. The van der Waals surface area contributed by atoms with E-state index in [1.54, 1.807) is 4.90 Å². The summed E-state index contributed by atoms with van der Waals surface area (Å²) in [5, 5.41) is 9.50. The van der Waals surface area contributed by atoms with Gasteiger partial charge in [0, 0.05) is 32.1 Å². The molecule has 3 fully saturated rings. The van der Waals surface area contributed by atoms with Crippen molar-refractivity contribution in [2.45, 2.75) is 50.7 Å². The first-order chi connectivity index (χ1) is 9.15. The number of amides is 2. The molecular formula is C14H22N2O3. The highest BCUT2D eigenvalue weighted by Gasteiger charge is 2.41. The summed E-state index contributed by atoms with van der Waals surface area (Å²) in [7, 11) is 0. The molecule has 0 spiro atoms. The van der Waals surface area contributed by atoms with Crippen molar-refractivity contribution in [2.75, 3.05) is 19.6 Å². The summed E-state index contributed by atoms with van der Waals surface area (Å²) >= 11 is 0. The Morgan fingerprint density at radius 2 is 1.89 bits per heavy atom. The number of carbonyl (C=O) groups is 2. The number of aliphatic hydroxyl groups is 1. The maximum absolute atomic E-state index is 12.3. The molecule has 1 saturated carbocycles. The van der Waals surface area contributed by atoms with Crippen LogP contribution in [0.15, 0.2) is 0 Å². The van der Waals surface area contributed by atoms with E-state index in [0.717, 1.165) is 12.8 Å². The van der Waals surface area contributed by atoms with Gasteiger partial charge in [0.25, 0.3) is 0 Å². The summed E-state index contributed by atoms with van der Waals surface area (Å²) in [6.07, 6.45) is 5.23. The van der Waals surface area contributed by atoms with Gasteiger partial charge in [0.2, 0.25) is 11.8 Å². The largest absolute Gasteiger partial charge is 0.391 e. The Bertz CT molecular complexity index is 379. The van der Waals surface area contributed by atoms with Crippen LogP contribution in [-0.2, 0) is 9.59 Å². The highest BCUT2D eigenvalue weighted by atomic mass is 16.3. The molecule has 0 radical (unpaired) electrons. The minimum absolute atomic E-state index is 0.0606. The average molecular weight is 266 g/mol. The van der Waals surface area contributed by atoms with E-state index in [1.165, 1.54) is 12.8 Å². The topological polar surface area (TPSA) is 60.9 Å². The Labute approximate surface area is 113 Å². The predicted molar refractivity (Wildman–Crippen MR) is 69.3 cm³/mol. The van der Waals surface area contributed by atoms with Gasteiger partial charge in [0.1, 0.15) is 0 Å². The predicted octanol–water partition coefficient (Wildman–Crippen LogP) is 0.371. The zero-order valence-corrected chi connectivity index (χ0v) is 11.3. The lowest BCUT2D eigenvalue weighted by Gasteiger charge is -2.25. The van der Waals surface area contributed by atoms with Crippen LogP contribution >= 0.6 is 0 Å². The van der Waals surface area contributed by atoms with Crippen LogP contribution in [0.2, 0.25) is 0 Å². The third kappa shape index (κ3) is 2.48. The molecule has 1 aliphatic carbocycles. The number of rotatable bonds is 2. The zero-order chi connectivity index (χ0) is 13.4. The standard InChI is InChI=1S/C14H22N2O3/c17-12-5-6-15(9-12)14(19)10-7-13(18)16(8-10)11-3-1-2-4-11/h10-12,17H,1-9H2. The van der Waals surface area contributed by atoms with Gasteiger partial charge in [-0.3, -0.25) is 9.59 Å². The Hall–Kier alpha value is -1.10. The van der Waals surface area contributed by atoms with Crippen LogP contribution in [0.4, 0.5) is 0 Å². The number of likely N-dealkylation sites (tertiary alicyclic amines) is 2. The summed E-state index contributed by atoms with van der Waals surface area (Å²) in [4.78, 5) is 28.1. The van der Waals surface area contributed by atoms with E-state index in [1.807, 2.05) is 4.90 Å². The Kier molecular flexibility index (Phi) is 3.48. The van der Waals surface area contributed by atoms with Crippen molar-refractivity contribution in [3.05, 3.63) is 0 Å². The fraction of sp³-hybridized carbons (Fsp3) is 0.857. The summed E-state index contributed by atoms with van der Waals surface area (Å²) < 4.78 is 0. The third-order valence-corrected chi connectivity index (χ3v) is 4.75. The first-order valence-electron chi connectivity index (χ1n) is 7.41. The number of nitrogens with zero attached hydrogens (tertiary/aromatic N) is 2. The molecule has 2 heterocycles. The van der Waals surface area contributed by atoms with Crippen molar-refractivity contribution >= 4 is 11.8 Å². The van der Waals surface area contributed by atoms with Gasteiger partial charge in [0.15, 0.2) is 0 Å². The molecule has 19 heavy (non-hydrogen) atoms. The van der Waals surface area contributed by atoms with E-state index in [4.69, 9.17) is 0 Å². The summed E-state index contributed by atoms with van der Waals surface area (Å²) in [5.74, 6) is 0.0220. The van der Waals surface area contributed by atoms with Crippen LogP contribution in [0.25, 0.3) is 0 Å². The SMILES string of the molecule is O=C(C1CC(=O)N(C2CCCC2)C1)N1CCC(O)C1. The van der Waals surface area contributed by atoms with Gasteiger partial charge < -0.3 is 14.9 Å². The maximum Gasteiger partial charge on any atom is 0.228 e. The quantitative estimate of drug-likeness (QED) is 0.785.